The second-order valence-corrected chi connectivity index (χ2v) is 8.72. The number of para-hydroxylation sites is 3. The highest BCUT2D eigenvalue weighted by atomic mass is 15.1. The van der Waals surface area contributed by atoms with Crippen LogP contribution in [0.25, 0.3) is 60.9 Å². The fraction of sp³-hybridized carbons (Fsp3) is 0. The van der Waals surface area contributed by atoms with Crippen LogP contribution in [-0.4, -0.2) is 14.5 Å². The first kappa shape index (κ1) is 19.7. The van der Waals surface area contributed by atoms with Crippen molar-refractivity contribution in [3.63, 3.8) is 0 Å². The van der Waals surface area contributed by atoms with Crippen LogP contribution >= 0.6 is 0 Å². The summed E-state index contributed by atoms with van der Waals surface area (Å²) in [6.45, 7) is 0. The van der Waals surface area contributed by atoms with Crippen molar-refractivity contribution in [3.8, 4) is 28.2 Å². The molecular weight excluding hydrogens is 426 g/mol. The molecule has 164 valence electrons. The van der Waals surface area contributed by atoms with E-state index in [1.807, 2.05) is 24.4 Å². The SMILES string of the molecule is c1ccc(-n2c(-c3cccc(-c4cccc5c4ccc4cccnc45)c3)nc3ccccc32)cc1. The first-order chi connectivity index (χ1) is 17.4. The summed E-state index contributed by atoms with van der Waals surface area (Å²) in [5.41, 5.74) is 7.66. The second kappa shape index (κ2) is 7.93. The molecule has 7 rings (SSSR count). The smallest absolute Gasteiger partial charge is 0.145 e. The van der Waals surface area contributed by atoms with Crippen LogP contribution in [0, 0.1) is 0 Å². The number of benzene rings is 5. The monoisotopic (exact) mass is 447 g/mol. The molecule has 0 aliphatic heterocycles. The Labute approximate surface area is 203 Å². The minimum Gasteiger partial charge on any atom is -0.292 e. The van der Waals surface area contributed by atoms with Crippen molar-refractivity contribution in [3.05, 3.63) is 128 Å². The number of fused-ring (bicyclic) bond motifs is 4. The lowest BCUT2D eigenvalue weighted by Crippen LogP contribution is -1.97. The van der Waals surface area contributed by atoms with Crippen molar-refractivity contribution in [2.75, 3.05) is 0 Å². The minimum atomic E-state index is 0.937. The number of pyridine rings is 1. The number of hydrogen-bond donors (Lipinski definition) is 0. The van der Waals surface area contributed by atoms with Gasteiger partial charge in [-0.05, 0) is 52.9 Å². The van der Waals surface area contributed by atoms with Gasteiger partial charge in [0.2, 0.25) is 0 Å². The van der Waals surface area contributed by atoms with Crippen LogP contribution in [0.4, 0.5) is 0 Å². The van der Waals surface area contributed by atoms with Gasteiger partial charge in [0.25, 0.3) is 0 Å². The molecule has 0 N–H and O–H groups in total. The lowest BCUT2D eigenvalue weighted by Gasteiger charge is -2.12. The Morgan fingerprint density at radius 2 is 1.40 bits per heavy atom. The third-order valence-electron chi connectivity index (χ3n) is 6.64. The van der Waals surface area contributed by atoms with E-state index in [1.54, 1.807) is 0 Å². The van der Waals surface area contributed by atoms with Crippen molar-refractivity contribution in [1.29, 1.82) is 0 Å². The summed E-state index contributed by atoms with van der Waals surface area (Å²) < 4.78 is 2.25. The Morgan fingerprint density at radius 3 is 2.34 bits per heavy atom. The molecular formula is C32H21N3. The van der Waals surface area contributed by atoms with E-state index in [-0.39, 0.29) is 0 Å². The molecule has 7 aromatic rings. The van der Waals surface area contributed by atoms with Gasteiger partial charge >= 0.3 is 0 Å². The van der Waals surface area contributed by atoms with Crippen molar-refractivity contribution < 1.29 is 0 Å². The molecule has 0 spiro atoms. The molecule has 0 radical (unpaired) electrons. The molecule has 3 nitrogen and oxygen atoms in total. The Morgan fingerprint density at radius 1 is 0.571 bits per heavy atom. The van der Waals surface area contributed by atoms with Gasteiger partial charge in [-0.15, -0.1) is 0 Å². The van der Waals surface area contributed by atoms with E-state index in [1.165, 1.54) is 16.3 Å². The highest BCUT2D eigenvalue weighted by molar-refractivity contribution is 6.10. The maximum absolute atomic E-state index is 5.05. The van der Waals surface area contributed by atoms with Crippen LogP contribution in [0.15, 0.2) is 128 Å². The van der Waals surface area contributed by atoms with Crippen LogP contribution in [-0.2, 0) is 0 Å². The maximum atomic E-state index is 5.05. The molecule has 5 aromatic carbocycles. The fourth-order valence-corrected chi connectivity index (χ4v) is 5.04. The average Bonchev–Trinajstić information content (AvgIpc) is 3.33. The molecule has 0 saturated carbocycles. The summed E-state index contributed by atoms with van der Waals surface area (Å²) in [5.74, 6) is 0.937. The van der Waals surface area contributed by atoms with Crippen LogP contribution in [0.1, 0.15) is 0 Å². The summed E-state index contributed by atoms with van der Waals surface area (Å²) in [4.78, 5) is 9.72. The zero-order valence-electron chi connectivity index (χ0n) is 19.0. The highest BCUT2D eigenvalue weighted by Crippen LogP contribution is 2.35. The van der Waals surface area contributed by atoms with Crippen LogP contribution < -0.4 is 0 Å². The highest BCUT2D eigenvalue weighted by Gasteiger charge is 2.15. The summed E-state index contributed by atoms with van der Waals surface area (Å²) in [6.07, 6.45) is 1.86. The molecule has 0 fully saturated rings. The molecule has 0 bridgehead atoms. The van der Waals surface area contributed by atoms with E-state index >= 15 is 0 Å². The Kier molecular flexibility index (Phi) is 4.46. The van der Waals surface area contributed by atoms with Gasteiger partial charge in [-0.1, -0.05) is 84.9 Å². The molecule has 0 unspecified atom stereocenters. The van der Waals surface area contributed by atoms with Gasteiger partial charge < -0.3 is 0 Å². The zero-order chi connectivity index (χ0) is 23.2. The Bertz CT molecular complexity index is 1850. The normalized spacial score (nSPS) is 11.4. The molecule has 2 heterocycles. The van der Waals surface area contributed by atoms with Crippen molar-refractivity contribution >= 4 is 32.7 Å². The standard InChI is InChI=1S/C32H21N3/c1-2-12-25(13-3-1)35-30-17-5-4-16-29(30)34-32(35)24-10-6-9-23(21-24)26-14-7-15-28-27(26)19-18-22-11-8-20-33-31(22)28/h1-21H. The van der Waals surface area contributed by atoms with Crippen LogP contribution in [0.5, 0.6) is 0 Å². The van der Waals surface area contributed by atoms with Gasteiger partial charge in [0, 0.05) is 28.2 Å². The lowest BCUT2D eigenvalue weighted by atomic mass is 9.95. The molecule has 0 atom stereocenters. The molecule has 0 aliphatic rings. The molecule has 3 heteroatoms. The van der Waals surface area contributed by atoms with E-state index in [0.717, 1.165) is 44.6 Å². The zero-order valence-corrected chi connectivity index (χ0v) is 19.0. The van der Waals surface area contributed by atoms with Gasteiger partial charge in [-0.25, -0.2) is 4.98 Å². The first-order valence-corrected chi connectivity index (χ1v) is 11.8. The van der Waals surface area contributed by atoms with Crippen LogP contribution in [0.3, 0.4) is 0 Å². The van der Waals surface area contributed by atoms with Crippen molar-refractivity contribution in [2.45, 2.75) is 0 Å². The van der Waals surface area contributed by atoms with E-state index in [4.69, 9.17) is 4.98 Å². The van der Waals surface area contributed by atoms with E-state index in [0.29, 0.717) is 0 Å². The predicted octanol–water partition coefficient (Wildman–Crippen LogP) is 8.06. The Hall–Kier alpha value is -4.76. The third-order valence-corrected chi connectivity index (χ3v) is 6.64. The first-order valence-electron chi connectivity index (χ1n) is 11.8. The van der Waals surface area contributed by atoms with Gasteiger partial charge in [0.1, 0.15) is 5.82 Å². The van der Waals surface area contributed by atoms with Crippen LogP contribution in [0.2, 0.25) is 0 Å². The van der Waals surface area contributed by atoms with E-state index < -0.39 is 0 Å². The molecule has 0 saturated heterocycles. The molecule has 2 aromatic heterocycles. The van der Waals surface area contributed by atoms with E-state index in [9.17, 15) is 0 Å². The largest absolute Gasteiger partial charge is 0.292 e. The number of aromatic nitrogens is 3. The average molecular weight is 448 g/mol. The molecule has 35 heavy (non-hydrogen) atoms. The van der Waals surface area contributed by atoms with Crippen molar-refractivity contribution in [1.82, 2.24) is 14.5 Å². The number of imidazole rings is 1. The fourth-order valence-electron chi connectivity index (χ4n) is 5.04. The van der Waals surface area contributed by atoms with Gasteiger partial charge in [-0.2, -0.15) is 0 Å². The number of rotatable bonds is 3. The summed E-state index contributed by atoms with van der Waals surface area (Å²) >= 11 is 0. The van der Waals surface area contributed by atoms with Gasteiger partial charge in [0.05, 0.1) is 16.6 Å². The molecule has 0 aliphatic carbocycles. The number of hydrogen-bond acceptors (Lipinski definition) is 2. The van der Waals surface area contributed by atoms with E-state index in [2.05, 4.69) is 113 Å². The third kappa shape index (κ3) is 3.21. The van der Waals surface area contributed by atoms with Gasteiger partial charge in [-0.3, -0.25) is 9.55 Å². The second-order valence-electron chi connectivity index (χ2n) is 8.72. The Balaban J connectivity index is 1.45. The number of nitrogens with zero attached hydrogens (tertiary/aromatic N) is 3. The predicted molar refractivity (Wildman–Crippen MR) is 145 cm³/mol. The molecule has 0 amide bonds. The summed E-state index contributed by atoms with van der Waals surface area (Å²) in [6, 6.07) is 42.4. The lowest BCUT2D eigenvalue weighted by molar-refractivity contribution is 1.10. The quantitative estimate of drug-likeness (QED) is 0.256. The minimum absolute atomic E-state index is 0.937. The topological polar surface area (TPSA) is 30.7 Å². The summed E-state index contributed by atoms with van der Waals surface area (Å²) in [5, 5.41) is 3.53. The maximum Gasteiger partial charge on any atom is 0.145 e. The van der Waals surface area contributed by atoms with Crippen molar-refractivity contribution in [2.24, 2.45) is 0 Å². The summed E-state index contributed by atoms with van der Waals surface area (Å²) in [7, 11) is 0. The van der Waals surface area contributed by atoms with Gasteiger partial charge in [0.15, 0.2) is 0 Å².